The van der Waals surface area contributed by atoms with Gasteiger partial charge in [-0.3, -0.25) is 9.59 Å². The highest BCUT2D eigenvalue weighted by Gasteiger charge is 2.49. The molecule has 2 aliphatic rings. The SMILES string of the molecule is Cc1ncsc1-c1ccc([C@]2(C)N=C(C3C[C@@H](O)CN3C(=O)C(OC(N)=O)C(C)(C)C)NC2=O)cc1. The Morgan fingerprint density at radius 2 is 1.97 bits per heavy atom. The van der Waals surface area contributed by atoms with Gasteiger partial charge in [0.2, 0.25) is 0 Å². The van der Waals surface area contributed by atoms with Crippen LogP contribution in [0.5, 0.6) is 0 Å². The summed E-state index contributed by atoms with van der Waals surface area (Å²) in [6, 6.07) is 6.92. The second-order valence-corrected chi connectivity index (χ2v) is 11.3. The van der Waals surface area contributed by atoms with Crippen LogP contribution in [0.1, 0.15) is 45.4 Å². The van der Waals surface area contributed by atoms with Crippen LogP contribution in [0.25, 0.3) is 10.4 Å². The smallest absolute Gasteiger partial charge is 0.405 e. The molecule has 2 aliphatic heterocycles. The van der Waals surface area contributed by atoms with Crippen LogP contribution in [-0.4, -0.2) is 63.5 Å². The van der Waals surface area contributed by atoms with E-state index < -0.39 is 41.2 Å². The molecule has 192 valence electrons. The third-order valence-electron chi connectivity index (χ3n) is 6.61. The summed E-state index contributed by atoms with van der Waals surface area (Å²) in [5.74, 6) is -0.534. The summed E-state index contributed by atoms with van der Waals surface area (Å²) in [7, 11) is 0. The minimum Gasteiger partial charge on any atom is -0.436 e. The Labute approximate surface area is 213 Å². The number of primary amides is 1. The van der Waals surface area contributed by atoms with Crippen LogP contribution in [0.4, 0.5) is 4.79 Å². The number of aryl methyl sites for hydroxylation is 1. The van der Waals surface area contributed by atoms with Gasteiger partial charge in [-0.25, -0.2) is 14.8 Å². The zero-order valence-corrected chi connectivity index (χ0v) is 21.8. The van der Waals surface area contributed by atoms with E-state index in [0.29, 0.717) is 11.4 Å². The second-order valence-electron chi connectivity index (χ2n) is 10.4. The number of hydrogen-bond acceptors (Lipinski definition) is 8. The Balaban J connectivity index is 1.63. The molecule has 4 atom stereocenters. The highest BCUT2D eigenvalue weighted by atomic mass is 32.1. The monoisotopic (exact) mass is 513 g/mol. The Morgan fingerprint density at radius 1 is 1.31 bits per heavy atom. The van der Waals surface area contributed by atoms with Gasteiger partial charge in [0.25, 0.3) is 11.8 Å². The molecule has 0 aliphatic carbocycles. The number of aromatic nitrogens is 1. The van der Waals surface area contributed by atoms with E-state index in [1.165, 1.54) is 4.90 Å². The van der Waals surface area contributed by atoms with Crippen molar-refractivity contribution in [1.82, 2.24) is 15.2 Å². The molecule has 36 heavy (non-hydrogen) atoms. The molecule has 10 nitrogen and oxygen atoms in total. The molecule has 1 aromatic heterocycles. The van der Waals surface area contributed by atoms with Crippen LogP contribution < -0.4 is 11.1 Å². The molecule has 0 bridgehead atoms. The predicted octanol–water partition coefficient (Wildman–Crippen LogP) is 2.33. The van der Waals surface area contributed by atoms with Gasteiger partial charge in [0.1, 0.15) is 5.84 Å². The number of β-amino-alcohol motifs (C(OH)–C–C–N with tert-alkyl or cyclic N) is 1. The molecule has 1 saturated heterocycles. The topological polar surface area (TPSA) is 147 Å². The van der Waals surface area contributed by atoms with Crippen molar-refractivity contribution in [3.05, 3.63) is 41.0 Å². The van der Waals surface area contributed by atoms with Crippen molar-refractivity contribution in [2.45, 2.75) is 64.8 Å². The van der Waals surface area contributed by atoms with E-state index in [-0.39, 0.29) is 18.9 Å². The fourth-order valence-corrected chi connectivity index (χ4v) is 5.43. The zero-order valence-electron chi connectivity index (χ0n) is 20.9. The van der Waals surface area contributed by atoms with E-state index >= 15 is 0 Å². The Bertz CT molecular complexity index is 1220. The number of nitrogens with zero attached hydrogens (tertiary/aromatic N) is 3. The molecular formula is C25H31N5O5S. The van der Waals surface area contributed by atoms with E-state index in [1.807, 2.05) is 31.2 Å². The number of aliphatic hydroxyl groups is 1. The average Bonchev–Trinajstić information content (AvgIpc) is 3.48. The number of rotatable bonds is 5. The van der Waals surface area contributed by atoms with Gasteiger partial charge >= 0.3 is 6.09 Å². The predicted molar refractivity (Wildman–Crippen MR) is 135 cm³/mol. The molecule has 1 aromatic carbocycles. The van der Waals surface area contributed by atoms with Crippen LogP contribution in [-0.2, 0) is 19.9 Å². The molecular weight excluding hydrogens is 482 g/mol. The molecule has 2 aromatic rings. The minimum absolute atomic E-state index is 0.0205. The third kappa shape index (κ3) is 4.72. The van der Waals surface area contributed by atoms with Gasteiger partial charge in [0.15, 0.2) is 11.6 Å². The first-order chi connectivity index (χ1) is 16.8. The fourth-order valence-electron chi connectivity index (χ4n) is 4.62. The summed E-state index contributed by atoms with van der Waals surface area (Å²) in [5.41, 5.74) is 7.71. The first kappa shape index (κ1) is 25.8. The maximum atomic E-state index is 13.4. The average molecular weight is 514 g/mol. The normalized spacial score (nSPS) is 24.9. The van der Waals surface area contributed by atoms with Crippen LogP contribution >= 0.6 is 11.3 Å². The summed E-state index contributed by atoms with van der Waals surface area (Å²) in [6.45, 7) is 8.94. The lowest BCUT2D eigenvalue weighted by atomic mass is 9.88. The second kappa shape index (κ2) is 9.29. The molecule has 11 heteroatoms. The lowest BCUT2D eigenvalue weighted by Gasteiger charge is -2.34. The number of amides is 3. The van der Waals surface area contributed by atoms with Gasteiger partial charge < -0.3 is 25.8 Å². The van der Waals surface area contributed by atoms with Crippen molar-refractivity contribution < 1.29 is 24.2 Å². The van der Waals surface area contributed by atoms with Crippen molar-refractivity contribution in [3.8, 4) is 10.4 Å². The first-order valence-corrected chi connectivity index (χ1v) is 12.6. The third-order valence-corrected chi connectivity index (χ3v) is 7.58. The number of nitrogens with one attached hydrogen (secondary N) is 1. The molecule has 3 heterocycles. The molecule has 1 fully saturated rings. The number of aliphatic imine (C=N–C) groups is 1. The van der Waals surface area contributed by atoms with Crippen LogP contribution in [0.15, 0.2) is 34.8 Å². The van der Waals surface area contributed by atoms with Crippen molar-refractivity contribution >= 4 is 35.1 Å². The summed E-state index contributed by atoms with van der Waals surface area (Å²) in [6.07, 6.45) is -2.84. The Kier molecular flexibility index (Phi) is 6.65. The van der Waals surface area contributed by atoms with E-state index in [1.54, 1.807) is 44.5 Å². The number of ether oxygens (including phenoxy) is 1. The van der Waals surface area contributed by atoms with Crippen molar-refractivity contribution in [2.75, 3.05) is 6.54 Å². The number of hydrogen-bond donors (Lipinski definition) is 3. The Hall–Kier alpha value is -3.31. The molecule has 2 unspecified atom stereocenters. The summed E-state index contributed by atoms with van der Waals surface area (Å²) >= 11 is 1.55. The highest BCUT2D eigenvalue weighted by Crippen LogP contribution is 2.35. The molecule has 3 amide bonds. The first-order valence-electron chi connectivity index (χ1n) is 11.7. The summed E-state index contributed by atoms with van der Waals surface area (Å²) in [4.78, 5) is 49.5. The van der Waals surface area contributed by atoms with Crippen molar-refractivity contribution in [2.24, 2.45) is 16.1 Å². The van der Waals surface area contributed by atoms with Gasteiger partial charge in [-0.15, -0.1) is 11.3 Å². The largest absolute Gasteiger partial charge is 0.436 e. The Morgan fingerprint density at radius 3 is 2.53 bits per heavy atom. The van der Waals surface area contributed by atoms with Gasteiger partial charge in [-0.05, 0) is 25.0 Å². The molecule has 4 rings (SSSR count). The lowest BCUT2D eigenvalue weighted by molar-refractivity contribution is -0.146. The number of benzene rings is 1. The van der Waals surface area contributed by atoms with Crippen LogP contribution in [0.2, 0.25) is 0 Å². The number of carbonyl (C=O) groups excluding carboxylic acids is 3. The number of likely N-dealkylation sites (tertiary alicyclic amines) is 1. The zero-order chi connectivity index (χ0) is 26.4. The number of aliphatic hydroxyl groups excluding tert-OH is 1. The molecule has 4 N–H and O–H groups in total. The van der Waals surface area contributed by atoms with Crippen LogP contribution in [0.3, 0.4) is 0 Å². The van der Waals surface area contributed by atoms with Gasteiger partial charge in [0, 0.05) is 18.4 Å². The van der Waals surface area contributed by atoms with Crippen molar-refractivity contribution in [3.63, 3.8) is 0 Å². The van der Waals surface area contributed by atoms with Gasteiger partial charge in [0.05, 0.1) is 28.2 Å². The van der Waals surface area contributed by atoms with E-state index in [0.717, 1.165) is 16.1 Å². The minimum atomic E-state index is -1.20. The fraction of sp³-hybridized carbons (Fsp3) is 0.480. The lowest BCUT2D eigenvalue weighted by Crippen LogP contribution is -2.53. The number of thiazole rings is 1. The molecule has 0 spiro atoms. The number of nitrogens with two attached hydrogens (primary N) is 1. The van der Waals surface area contributed by atoms with E-state index in [2.05, 4.69) is 10.3 Å². The maximum absolute atomic E-state index is 13.4. The highest BCUT2D eigenvalue weighted by molar-refractivity contribution is 7.13. The maximum Gasteiger partial charge on any atom is 0.405 e. The summed E-state index contributed by atoms with van der Waals surface area (Å²) in [5, 5.41) is 13.2. The van der Waals surface area contributed by atoms with E-state index in [4.69, 9.17) is 15.5 Å². The van der Waals surface area contributed by atoms with E-state index in [9.17, 15) is 19.5 Å². The number of carbonyl (C=O) groups is 3. The molecule has 0 radical (unpaired) electrons. The summed E-state index contributed by atoms with van der Waals surface area (Å²) < 4.78 is 5.15. The van der Waals surface area contributed by atoms with Gasteiger partial charge in [-0.2, -0.15) is 0 Å². The number of amidine groups is 1. The quantitative estimate of drug-likeness (QED) is 0.559. The standard InChI is InChI=1S/C25H31N5O5S/c1-13-18(36-12-27-13)14-6-8-15(9-7-14)25(5)22(33)28-20(29-25)17-10-16(31)11-30(17)21(32)19(24(2,3)4)35-23(26)34/h6-9,12,16-17,19,31H,10-11H2,1-5H3,(H2,26,34)(H,28,29,33)/t16-,17?,19?,25+/m1/s1. The van der Waals surface area contributed by atoms with Gasteiger partial charge in [-0.1, -0.05) is 45.0 Å². The van der Waals surface area contributed by atoms with Crippen LogP contribution in [0, 0.1) is 12.3 Å². The molecule has 0 saturated carbocycles. The van der Waals surface area contributed by atoms with Crippen molar-refractivity contribution in [1.29, 1.82) is 0 Å².